The van der Waals surface area contributed by atoms with Crippen LogP contribution in [0.3, 0.4) is 0 Å². The summed E-state index contributed by atoms with van der Waals surface area (Å²) in [7, 11) is 4.52. The van der Waals surface area contributed by atoms with Gasteiger partial charge in [-0.2, -0.15) is 0 Å². The van der Waals surface area contributed by atoms with Gasteiger partial charge in [0, 0.05) is 12.5 Å². The largest absolute Gasteiger partial charge is 0.507 e. The number of benzene rings is 2. The van der Waals surface area contributed by atoms with Crippen molar-refractivity contribution in [3.05, 3.63) is 53.1 Å². The fourth-order valence-corrected chi connectivity index (χ4v) is 8.42. The molecule has 1 aliphatic heterocycles. The lowest BCUT2D eigenvalue weighted by atomic mass is 9.52. The van der Waals surface area contributed by atoms with Crippen LogP contribution in [0.2, 0.25) is 0 Å². The number of piperidine rings is 1. The highest BCUT2D eigenvalue weighted by molar-refractivity contribution is 6.32. The van der Waals surface area contributed by atoms with Crippen LogP contribution in [0, 0.1) is 29.6 Å². The number of likely N-dealkylation sites (N-methyl/N-ethyl adjacent to an activating group) is 1. The molecule has 0 bridgehead atoms. The zero-order valence-electron chi connectivity index (χ0n) is 26.6. The lowest BCUT2D eigenvalue weighted by Crippen LogP contribution is -2.74. The molecule has 12 heteroatoms. The fraction of sp³-hybridized carbons (Fsp3) is 0.486. The van der Waals surface area contributed by atoms with E-state index in [2.05, 4.69) is 4.90 Å². The van der Waals surface area contributed by atoms with Crippen LogP contribution < -0.4 is 5.73 Å². The molecule has 4 N–H and O–H groups in total. The molecular formula is C35H39N3O9. The Labute approximate surface area is 271 Å². The first-order chi connectivity index (χ1) is 22.3. The van der Waals surface area contributed by atoms with Gasteiger partial charge in [-0.15, -0.1) is 0 Å². The maximum absolute atomic E-state index is 14.0. The molecular weight excluding hydrogens is 606 g/mol. The molecule has 248 valence electrons. The van der Waals surface area contributed by atoms with Gasteiger partial charge in [-0.3, -0.25) is 38.6 Å². The maximum atomic E-state index is 14.0. The minimum absolute atomic E-state index is 0.00933. The van der Waals surface area contributed by atoms with Gasteiger partial charge in [-0.1, -0.05) is 30.3 Å². The first-order valence-corrected chi connectivity index (χ1v) is 15.9. The molecule has 1 saturated heterocycles. The topological polar surface area (TPSA) is 185 Å². The Balaban J connectivity index is 1.30. The monoisotopic (exact) mass is 645 g/mol. The number of esters is 1. The Bertz CT molecular complexity index is 1680. The van der Waals surface area contributed by atoms with Gasteiger partial charge in [0.2, 0.25) is 5.91 Å². The summed E-state index contributed by atoms with van der Waals surface area (Å²) in [5.74, 6) is -10.9. The van der Waals surface area contributed by atoms with E-state index in [4.69, 9.17) is 10.5 Å². The minimum Gasteiger partial charge on any atom is -0.507 e. The second-order valence-corrected chi connectivity index (χ2v) is 13.5. The minimum atomic E-state index is -2.76. The molecule has 2 unspecified atom stereocenters. The Kier molecular flexibility index (Phi) is 8.39. The summed E-state index contributed by atoms with van der Waals surface area (Å²) in [5, 5.41) is 22.6. The third-order valence-corrected chi connectivity index (χ3v) is 10.7. The number of nitrogens with zero attached hydrogens (tertiary/aromatic N) is 2. The van der Waals surface area contributed by atoms with Crippen molar-refractivity contribution in [2.24, 2.45) is 35.3 Å². The molecule has 3 fully saturated rings. The molecule has 12 nitrogen and oxygen atoms in total. The average Bonchev–Trinajstić information content (AvgIpc) is 3.03. The lowest BCUT2D eigenvalue weighted by Gasteiger charge is -2.52. The number of likely N-dealkylation sites (tertiary alicyclic amines) is 1. The van der Waals surface area contributed by atoms with Crippen molar-refractivity contribution in [3.63, 3.8) is 0 Å². The predicted molar refractivity (Wildman–Crippen MR) is 167 cm³/mol. The number of hydrogen-bond donors (Lipinski definition) is 3. The first kappa shape index (κ1) is 32.7. The number of rotatable bonds is 6. The highest BCUT2D eigenvalue weighted by atomic mass is 16.5. The quantitative estimate of drug-likeness (QED) is 0.300. The molecule has 0 spiro atoms. The van der Waals surface area contributed by atoms with Crippen molar-refractivity contribution in [2.45, 2.75) is 43.9 Å². The van der Waals surface area contributed by atoms with E-state index in [-0.39, 0.29) is 36.0 Å². The van der Waals surface area contributed by atoms with E-state index >= 15 is 0 Å². The molecule has 0 aromatic heterocycles. The zero-order chi connectivity index (χ0) is 33.9. The number of phenols is 1. The molecule has 0 radical (unpaired) electrons. The number of hydrogen-bond acceptors (Lipinski definition) is 11. The number of aromatic hydroxyl groups is 1. The molecule has 2 aromatic carbocycles. The van der Waals surface area contributed by atoms with Gasteiger partial charge in [0.05, 0.1) is 30.6 Å². The second kappa shape index (κ2) is 12.1. The highest BCUT2D eigenvalue weighted by Crippen LogP contribution is 2.51. The number of ketones is 4. The number of Topliss-reactive ketones (excluding diaryl/α,β-unsaturated/α-hetero) is 4. The van der Waals surface area contributed by atoms with Crippen molar-refractivity contribution in [2.75, 3.05) is 34.3 Å². The molecule has 2 aromatic rings. The first-order valence-electron chi connectivity index (χ1n) is 15.9. The molecule has 6 rings (SSSR count). The zero-order valence-corrected chi connectivity index (χ0v) is 26.6. The van der Waals surface area contributed by atoms with E-state index in [1.165, 1.54) is 18.1 Å². The van der Waals surface area contributed by atoms with Crippen LogP contribution in [0.1, 0.15) is 40.7 Å². The van der Waals surface area contributed by atoms with Gasteiger partial charge in [-0.25, -0.2) is 0 Å². The van der Waals surface area contributed by atoms with Crippen LogP contribution in [0.4, 0.5) is 0 Å². The van der Waals surface area contributed by atoms with Crippen LogP contribution in [-0.4, -0.2) is 101 Å². The van der Waals surface area contributed by atoms with Crippen LogP contribution in [-0.2, 0) is 41.7 Å². The van der Waals surface area contributed by atoms with Gasteiger partial charge in [-0.05, 0) is 87.1 Å². The van der Waals surface area contributed by atoms with Gasteiger partial charge >= 0.3 is 5.97 Å². The summed E-state index contributed by atoms with van der Waals surface area (Å²) in [6.45, 7) is 2.26. The molecule has 1 amide bonds. The lowest BCUT2D eigenvalue weighted by molar-refractivity contribution is -0.181. The van der Waals surface area contributed by atoms with E-state index in [1.807, 2.05) is 24.3 Å². The summed E-state index contributed by atoms with van der Waals surface area (Å²) < 4.78 is 4.88. The summed E-state index contributed by atoms with van der Waals surface area (Å²) in [6, 6.07) is 9.84. The van der Waals surface area contributed by atoms with Crippen molar-refractivity contribution in [1.29, 1.82) is 0 Å². The number of phenolic OH excluding ortho intramolecular Hbond substituents is 1. The molecule has 4 aliphatic rings. The maximum Gasteiger partial charge on any atom is 0.308 e. The van der Waals surface area contributed by atoms with Crippen molar-refractivity contribution in [3.8, 4) is 16.9 Å². The van der Waals surface area contributed by atoms with Gasteiger partial charge < -0.3 is 20.7 Å². The van der Waals surface area contributed by atoms with E-state index in [0.717, 1.165) is 37.1 Å². The number of nitrogens with two attached hydrogens (primary N) is 1. The predicted octanol–water partition coefficient (Wildman–Crippen LogP) is 0.919. The Morgan fingerprint density at radius 3 is 2.28 bits per heavy atom. The standard InChI is InChI=1S/C35H39N3O9/c1-37(2)28-23-15-20-14-22-21(18-6-4-17(5-7-18)16-38-12-10-19(11-13-38)34(45)47-3)8-9-24(39)26(22)29(40)25(20)31(42)35(23,46)32(43)27(30(28)41)33(36)44/h4-9,19-20,23,25,27-28,39,46H,10-16H2,1-3H3,(H2,36,44)/t20-,23-,25?,27?,28-,35-/m1/s1. The molecule has 2 saturated carbocycles. The third-order valence-electron chi connectivity index (χ3n) is 10.7. The Morgan fingerprint density at radius 2 is 1.68 bits per heavy atom. The number of methoxy groups -OCH3 is 1. The number of primary amides is 1. The summed E-state index contributed by atoms with van der Waals surface area (Å²) in [4.78, 5) is 82.7. The van der Waals surface area contributed by atoms with Gasteiger partial charge in [0.25, 0.3) is 0 Å². The van der Waals surface area contributed by atoms with Crippen molar-refractivity contribution < 1.29 is 43.7 Å². The fourth-order valence-electron chi connectivity index (χ4n) is 8.42. The highest BCUT2D eigenvalue weighted by Gasteiger charge is 2.69. The smallest absolute Gasteiger partial charge is 0.308 e. The van der Waals surface area contributed by atoms with Crippen molar-refractivity contribution >= 4 is 35.0 Å². The van der Waals surface area contributed by atoms with E-state index < -0.39 is 64.4 Å². The molecule has 3 aliphatic carbocycles. The number of carbonyl (C=O) groups excluding carboxylic acids is 6. The molecule has 6 atom stereocenters. The van der Waals surface area contributed by atoms with Crippen molar-refractivity contribution in [1.82, 2.24) is 9.80 Å². The van der Waals surface area contributed by atoms with E-state index in [9.17, 15) is 39.0 Å². The van der Waals surface area contributed by atoms with Crippen LogP contribution in [0.25, 0.3) is 11.1 Å². The van der Waals surface area contributed by atoms with Gasteiger partial charge in [0.15, 0.2) is 34.7 Å². The summed E-state index contributed by atoms with van der Waals surface area (Å²) >= 11 is 0. The normalized spacial score (nSPS) is 29.7. The van der Waals surface area contributed by atoms with E-state index in [1.54, 1.807) is 20.2 Å². The SMILES string of the molecule is COC(=O)C1CCN(Cc2ccc(-c3ccc(O)c4c3C[C@@H]3C[C@@H]5[C@@H](N(C)C)C(=O)C(C(N)=O)C(=O)[C@]5(O)C(=O)C3C4=O)cc2)CC1. The Hall–Kier alpha value is -4.26. The number of ether oxygens (including phenoxy) is 1. The second-order valence-electron chi connectivity index (χ2n) is 13.5. The van der Waals surface area contributed by atoms with E-state index in [0.29, 0.717) is 17.7 Å². The average molecular weight is 646 g/mol. The number of fused-ring (bicyclic) bond motifs is 3. The summed E-state index contributed by atoms with van der Waals surface area (Å²) in [5.41, 5.74) is 5.73. The van der Waals surface area contributed by atoms with Crippen LogP contribution in [0.5, 0.6) is 5.75 Å². The third kappa shape index (κ3) is 5.19. The van der Waals surface area contributed by atoms with Crippen LogP contribution in [0.15, 0.2) is 36.4 Å². The number of aliphatic hydroxyl groups is 1. The number of carbonyl (C=O) groups is 6. The van der Waals surface area contributed by atoms with Gasteiger partial charge in [0.1, 0.15) is 5.75 Å². The molecule has 1 heterocycles. The molecule has 47 heavy (non-hydrogen) atoms. The van der Waals surface area contributed by atoms with Crippen LogP contribution >= 0.6 is 0 Å². The summed E-state index contributed by atoms with van der Waals surface area (Å²) in [6.07, 6.45) is 1.66. The number of amides is 1. The Morgan fingerprint density at radius 1 is 1.02 bits per heavy atom.